The highest BCUT2D eigenvalue weighted by Gasteiger charge is 2.52. The zero-order valence-electron chi connectivity index (χ0n) is 15.3. The summed E-state index contributed by atoms with van der Waals surface area (Å²) in [4.78, 5) is 0. The third-order valence-corrected chi connectivity index (χ3v) is 6.91. The van der Waals surface area contributed by atoms with Crippen LogP contribution in [0.25, 0.3) is 0 Å². The molecule has 0 spiro atoms. The second kappa shape index (κ2) is 5.94. The van der Waals surface area contributed by atoms with E-state index in [0.717, 1.165) is 30.4 Å². The largest absolute Gasteiger partial charge is 0.393 e. The molecule has 24 heavy (non-hydrogen) atoms. The second-order valence-corrected chi connectivity index (χ2v) is 8.74. The molecule has 0 unspecified atom stereocenters. The first-order valence-corrected chi connectivity index (χ1v) is 9.30. The van der Waals surface area contributed by atoms with Crippen molar-refractivity contribution in [2.75, 3.05) is 6.61 Å². The van der Waals surface area contributed by atoms with Gasteiger partial charge in [0.05, 0.1) is 12.7 Å². The molecule has 0 saturated heterocycles. The Labute approximate surface area is 144 Å². The van der Waals surface area contributed by atoms with E-state index in [1.807, 2.05) is 6.92 Å². The minimum Gasteiger partial charge on any atom is -0.393 e. The molecule has 3 aliphatic carbocycles. The van der Waals surface area contributed by atoms with Crippen molar-refractivity contribution in [1.29, 1.82) is 0 Å². The van der Waals surface area contributed by atoms with E-state index in [-0.39, 0.29) is 23.9 Å². The van der Waals surface area contributed by atoms with Crippen molar-refractivity contribution in [2.45, 2.75) is 71.2 Å². The Balaban J connectivity index is 2.20. The smallest absolute Gasteiger partial charge is 0.109 e. The molecule has 0 aliphatic heterocycles. The number of fused-ring (bicyclic) bond motifs is 2. The number of rotatable bonds is 2. The average Bonchev–Trinajstić information content (AvgIpc) is 3.04. The monoisotopic (exact) mass is 336 g/mol. The lowest BCUT2D eigenvalue weighted by molar-refractivity contribution is -0.0185. The van der Waals surface area contributed by atoms with E-state index in [2.05, 4.69) is 26.8 Å². The van der Waals surface area contributed by atoms with Gasteiger partial charge in [-0.05, 0) is 54.6 Å². The second-order valence-electron chi connectivity index (χ2n) is 8.74. The highest BCUT2D eigenvalue weighted by atomic mass is 16.3. The molecule has 6 atom stereocenters. The highest BCUT2D eigenvalue weighted by molar-refractivity contribution is 5.42. The summed E-state index contributed by atoms with van der Waals surface area (Å²) < 4.78 is 0. The van der Waals surface area contributed by atoms with E-state index in [4.69, 9.17) is 0 Å². The summed E-state index contributed by atoms with van der Waals surface area (Å²) in [5.41, 5.74) is 1.50. The van der Waals surface area contributed by atoms with Gasteiger partial charge in [-0.1, -0.05) is 39.3 Å². The Kier molecular flexibility index (Phi) is 4.49. The third-order valence-electron chi connectivity index (χ3n) is 6.91. The van der Waals surface area contributed by atoms with Gasteiger partial charge in [0.25, 0.3) is 0 Å². The molecule has 0 radical (unpaired) electrons. The van der Waals surface area contributed by atoms with Crippen LogP contribution in [0.3, 0.4) is 0 Å². The van der Waals surface area contributed by atoms with E-state index < -0.39 is 17.8 Å². The summed E-state index contributed by atoms with van der Waals surface area (Å²) >= 11 is 0. The van der Waals surface area contributed by atoms with E-state index in [1.54, 1.807) is 0 Å². The van der Waals surface area contributed by atoms with Crippen molar-refractivity contribution >= 4 is 0 Å². The van der Waals surface area contributed by atoms with Crippen molar-refractivity contribution in [1.82, 2.24) is 0 Å². The zero-order chi connectivity index (χ0) is 17.9. The van der Waals surface area contributed by atoms with E-state index in [9.17, 15) is 20.4 Å². The number of aliphatic hydroxyl groups is 4. The first kappa shape index (κ1) is 18.1. The maximum Gasteiger partial charge on any atom is 0.109 e. The Hall–Kier alpha value is -0.680. The van der Waals surface area contributed by atoms with E-state index in [0.29, 0.717) is 12.3 Å². The van der Waals surface area contributed by atoms with Gasteiger partial charge in [0, 0.05) is 5.41 Å². The van der Waals surface area contributed by atoms with Crippen molar-refractivity contribution in [3.05, 3.63) is 22.8 Å². The molecule has 4 nitrogen and oxygen atoms in total. The topological polar surface area (TPSA) is 80.9 Å². The Morgan fingerprint density at radius 2 is 1.92 bits per heavy atom. The van der Waals surface area contributed by atoms with Gasteiger partial charge >= 0.3 is 0 Å². The van der Waals surface area contributed by atoms with E-state index >= 15 is 0 Å². The molecule has 136 valence electrons. The highest BCUT2D eigenvalue weighted by Crippen LogP contribution is 2.55. The van der Waals surface area contributed by atoms with Crippen LogP contribution in [-0.2, 0) is 0 Å². The van der Waals surface area contributed by atoms with Crippen molar-refractivity contribution < 1.29 is 20.4 Å². The fourth-order valence-electron chi connectivity index (χ4n) is 5.34. The lowest BCUT2D eigenvalue weighted by Crippen LogP contribution is -2.44. The van der Waals surface area contributed by atoms with Gasteiger partial charge in [0.2, 0.25) is 0 Å². The van der Waals surface area contributed by atoms with Gasteiger partial charge < -0.3 is 20.4 Å². The molecule has 3 rings (SSSR count). The molecule has 4 heteroatoms. The first-order valence-electron chi connectivity index (χ1n) is 9.30. The molecule has 1 saturated carbocycles. The van der Waals surface area contributed by atoms with Crippen LogP contribution in [0.1, 0.15) is 53.4 Å². The predicted octanol–water partition coefficient (Wildman–Crippen LogP) is 2.17. The maximum absolute atomic E-state index is 11.0. The summed E-state index contributed by atoms with van der Waals surface area (Å²) in [5, 5.41) is 42.5. The Bertz CT molecular complexity index is 578. The fourth-order valence-corrected chi connectivity index (χ4v) is 5.34. The van der Waals surface area contributed by atoms with Gasteiger partial charge in [0.1, 0.15) is 11.7 Å². The van der Waals surface area contributed by atoms with Crippen molar-refractivity contribution in [3.63, 3.8) is 0 Å². The predicted molar refractivity (Wildman–Crippen MR) is 93.2 cm³/mol. The zero-order valence-corrected chi connectivity index (χ0v) is 15.3. The quantitative estimate of drug-likeness (QED) is 0.583. The minimum atomic E-state index is -1.18. The lowest BCUT2D eigenvalue weighted by atomic mass is 9.68. The van der Waals surface area contributed by atoms with Crippen LogP contribution in [0, 0.1) is 23.2 Å². The third kappa shape index (κ3) is 2.50. The van der Waals surface area contributed by atoms with Crippen molar-refractivity contribution in [3.8, 4) is 0 Å². The normalized spacial score (nSPS) is 45.8. The fraction of sp³-hybridized carbons (Fsp3) is 0.800. The van der Waals surface area contributed by atoms with Crippen LogP contribution in [0.4, 0.5) is 0 Å². The molecule has 4 N–H and O–H groups in total. The number of hydrogen-bond acceptors (Lipinski definition) is 4. The van der Waals surface area contributed by atoms with Gasteiger partial charge in [-0.2, -0.15) is 0 Å². The molecule has 0 heterocycles. The SMILES string of the molecule is CC(C)C1=C2[C@@H](O)[C@H](O)[C@H](C)[C@@H]3CC[C@@](O)(CO)C3=C[C@@]2(C)CC1. The van der Waals surface area contributed by atoms with E-state index in [1.165, 1.54) is 5.57 Å². The molecule has 0 aromatic rings. The molecule has 0 bridgehead atoms. The minimum absolute atomic E-state index is 0.00766. The first-order chi connectivity index (χ1) is 11.1. The molecular weight excluding hydrogens is 304 g/mol. The Morgan fingerprint density at radius 3 is 2.50 bits per heavy atom. The average molecular weight is 336 g/mol. The van der Waals surface area contributed by atoms with Crippen LogP contribution >= 0.6 is 0 Å². The van der Waals surface area contributed by atoms with Crippen LogP contribution in [0.2, 0.25) is 0 Å². The number of aliphatic hydroxyl groups excluding tert-OH is 3. The van der Waals surface area contributed by atoms with Crippen LogP contribution in [0.5, 0.6) is 0 Å². The van der Waals surface area contributed by atoms with Crippen LogP contribution in [-0.4, -0.2) is 44.8 Å². The molecule has 3 aliphatic rings. The summed E-state index contributed by atoms with van der Waals surface area (Å²) in [7, 11) is 0. The molecule has 0 amide bonds. The lowest BCUT2D eigenvalue weighted by Gasteiger charge is -2.41. The number of hydrogen-bond donors (Lipinski definition) is 4. The molecule has 0 aromatic carbocycles. The van der Waals surface area contributed by atoms with Gasteiger partial charge in [0.15, 0.2) is 0 Å². The molecule has 0 aromatic heterocycles. The Morgan fingerprint density at radius 1 is 1.25 bits per heavy atom. The summed E-state index contributed by atoms with van der Waals surface area (Å²) in [5.74, 6) is 0.180. The van der Waals surface area contributed by atoms with Gasteiger partial charge in [-0.25, -0.2) is 0 Å². The van der Waals surface area contributed by atoms with Crippen molar-refractivity contribution in [2.24, 2.45) is 23.2 Å². The van der Waals surface area contributed by atoms with Crippen LogP contribution in [0.15, 0.2) is 22.8 Å². The number of allylic oxidation sites excluding steroid dienone is 2. The van der Waals surface area contributed by atoms with Gasteiger partial charge in [-0.3, -0.25) is 0 Å². The summed E-state index contributed by atoms with van der Waals surface area (Å²) in [6.07, 6.45) is 3.46. The molecule has 1 fully saturated rings. The van der Waals surface area contributed by atoms with Gasteiger partial charge in [-0.15, -0.1) is 0 Å². The summed E-state index contributed by atoms with van der Waals surface area (Å²) in [6.45, 7) is 8.02. The molecular formula is C20H32O4. The summed E-state index contributed by atoms with van der Waals surface area (Å²) in [6, 6.07) is 0. The maximum atomic E-state index is 11.0. The van der Waals surface area contributed by atoms with Crippen LogP contribution < -0.4 is 0 Å². The standard InChI is InChI=1S/C20H32O4/c1-11(2)13-5-7-19(4)9-15-14(6-8-20(15,24)10-21)12(3)17(22)18(23)16(13)19/h9,11-12,14,17-18,21-24H,5-8,10H2,1-4H3/t12-,14+,17-,18-,19-,20-/m1/s1.